The van der Waals surface area contributed by atoms with Crippen LogP contribution in [0.4, 0.5) is 0 Å². The molecule has 0 aromatic heterocycles. The van der Waals surface area contributed by atoms with Crippen LogP contribution in [0, 0.1) is 17.8 Å². The molecule has 1 saturated heterocycles. The van der Waals surface area contributed by atoms with Crippen molar-refractivity contribution in [2.75, 3.05) is 26.9 Å². The molecule has 21 heavy (non-hydrogen) atoms. The average Bonchev–Trinajstić information content (AvgIpc) is 3.02. The second kappa shape index (κ2) is 7.82. The van der Waals surface area contributed by atoms with Crippen molar-refractivity contribution in [1.82, 2.24) is 4.90 Å². The summed E-state index contributed by atoms with van der Waals surface area (Å²) in [5, 5.41) is 8.68. The lowest BCUT2D eigenvalue weighted by molar-refractivity contribution is -0.134. The average molecular weight is 287 g/mol. The molecule has 1 N–H and O–H groups in total. The van der Waals surface area contributed by atoms with Crippen LogP contribution in [0.25, 0.3) is 0 Å². The maximum Gasteiger partial charge on any atom is 0.228 e. The number of amides is 1. The summed E-state index contributed by atoms with van der Waals surface area (Å²) in [7, 11) is 1.83. The van der Waals surface area contributed by atoms with E-state index >= 15 is 0 Å². The first-order chi connectivity index (χ1) is 10.2. The van der Waals surface area contributed by atoms with Crippen molar-refractivity contribution in [3.8, 4) is 11.8 Å². The minimum absolute atomic E-state index is 0.0126. The van der Waals surface area contributed by atoms with Crippen molar-refractivity contribution in [2.45, 2.75) is 19.4 Å². The SMILES string of the molecule is CN(Cc1ccc(C#CCCO)cc1)C(=O)C1CCOC1. The minimum Gasteiger partial charge on any atom is -0.395 e. The van der Waals surface area contributed by atoms with Crippen LogP contribution in [-0.4, -0.2) is 42.8 Å². The summed E-state index contributed by atoms with van der Waals surface area (Å²) in [6, 6.07) is 7.85. The van der Waals surface area contributed by atoms with E-state index in [0.717, 1.165) is 17.5 Å². The van der Waals surface area contributed by atoms with E-state index < -0.39 is 0 Å². The van der Waals surface area contributed by atoms with E-state index in [1.54, 1.807) is 4.90 Å². The lowest BCUT2D eigenvalue weighted by Crippen LogP contribution is -2.32. The summed E-state index contributed by atoms with van der Waals surface area (Å²) in [4.78, 5) is 13.9. The molecule has 1 heterocycles. The topological polar surface area (TPSA) is 49.8 Å². The van der Waals surface area contributed by atoms with Crippen molar-refractivity contribution in [3.05, 3.63) is 35.4 Å². The number of hydrogen-bond acceptors (Lipinski definition) is 3. The number of hydrogen-bond donors (Lipinski definition) is 1. The Morgan fingerprint density at radius 3 is 2.81 bits per heavy atom. The Morgan fingerprint density at radius 2 is 2.19 bits per heavy atom. The van der Waals surface area contributed by atoms with Crippen LogP contribution in [-0.2, 0) is 16.1 Å². The van der Waals surface area contributed by atoms with Gasteiger partial charge in [0.1, 0.15) is 0 Å². The normalized spacial score (nSPS) is 17.1. The van der Waals surface area contributed by atoms with Gasteiger partial charge in [-0.05, 0) is 24.1 Å². The fourth-order valence-corrected chi connectivity index (χ4v) is 2.31. The summed E-state index contributed by atoms with van der Waals surface area (Å²) < 4.78 is 5.26. The molecule has 0 radical (unpaired) electrons. The first-order valence-corrected chi connectivity index (χ1v) is 7.22. The van der Waals surface area contributed by atoms with E-state index in [9.17, 15) is 4.79 Å². The van der Waals surface area contributed by atoms with E-state index in [1.165, 1.54) is 0 Å². The Hall–Kier alpha value is -1.83. The molecule has 1 fully saturated rings. The highest BCUT2D eigenvalue weighted by molar-refractivity contribution is 5.78. The first kappa shape index (κ1) is 15.6. The molecule has 4 heteroatoms. The lowest BCUT2D eigenvalue weighted by atomic mass is 10.1. The lowest BCUT2D eigenvalue weighted by Gasteiger charge is -2.20. The number of aliphatic hydroxyl groups excluding tert-OH is 1. The third kappa shape index (κ3) is 4.59. The van der Waals surface area contributed by atoms with Crippen molar-refractivity contribution in [2.24, 2.45) is 5.92 Å². The van der Waals surface area contributed by atoms with Gasteiger partial charge in [-0.3, -0.25) is 4.79 Å². The van der Waals surface area contributed by atoms with Gasteiger partial charge in [-0.2, -0.15) is 0 Å². The van der Waals surface area contributed by atoms with Gasteiger partial charge in [0, 0.05) is 32.2 Å². The number of nitrogens with zero attached hydrogens (tertiary/aromatic N) is 1. The highest BCUT2D eigenvalue weighted by Crippen LogP contribution is 2.16. The highest BCUT2D eigenvalue weighted by atomic mass is 16.5. The van der Waals surface area contributed by atoms with Gasteiger partial charge in [0.2, 0.25) is 5.91 Å². The van der Waals surface area contributed by atoms with Crippen molar-refractivity contribution >= 4 is 5.91 Å². The zero-order chi connectivity index (χ0) is 15.1. The van der Waals surface area contributed by atoms with Crippen LogP contribution in [0.2, 0.25) is 0 Å². The summed E-state index contributed by atoms with van der Waals surface area (Å²) in [6.07, 6.45) is 1.31. The van der Waals surface area contributed by atoms with Crippen LogP contribution in [0.15, 0.2) is 24.3 Å². The molecule has 2 rings (SSSR count). The van der Waals surface area contributed by atoms with Gasteiger partial charge in [0.05, 0.1) is 19.1 Å². The third-order valence-corrected chi connectivity index (χ3v) is 3.50. The van der Waals surface area contributed by atoms with Crippen molar-refractivity contribution in [3.63, 3.8) is 0 Å². The maximum atomic E-state index is 12.2. The number of aliphatic hydroxyl groups is 1. The molecule has 1 aromatic carbocycles. The molecule has 0 spiro atoms. The van der Waals surface area contributed by atoms with Crippen LogP contribution in [0.3, 0.4) is 0 Å². The fourth-order valence-electron chi connectivity index (χ4n) is 2.31. The van der Waals surface area contributed by atoms with Crippen LogP contribution in [0.5, 0.6) is 0 Å². The summed E-state index contributed by atoms with van der Waals surface area (Å²) in [6.45, 7) is 1.91. The number of ether oxygens (including phenoxy) is 1. The molecule has 1 aliphatic rings. The molecule has 1 amide bonds. The molecule has 1 unspecified atom stereocenters. The van der Waals surface area contributed by atoms with Gasteiger partial charge in [-0.15, -0.1) is 0 Å². The monoisotopic (exact) mass is 287 g/mol. The number of benzene rings is 1. The van der Waals surface area contributed by atoms with Crippen molar-refractivity contribution < 1.29 is 14.6 Å². The number of carbonyl (C=O) groups is 1. The molecule has 4 nitrogen and oxygen atoms in total. The molecule has 1 aromatic rings. The van der Waals surface area contributed by atoms with E-state index in [0.29, 0.717) is 26.2 Å². The summed E-state index contributed by atoms with van der Waals surface area (Å²) in [5.74, 6) is 6.04. The molecule has 0 bridgehead atoms. The van der Waals surface area contributed by atoms with Gasteiger partial charge in [-0.25, -0.2) is 0 Å². The summed E-state index contributed by atoms with van der Waals surface area (Å²) in [5.41, 5.74) is 2.00. The molecule has 1 aliphatic heterocycles. The largest absolute Gasteiger partial charge is 0.395 e. The van der Waals surface area contributed by atoms with Gasteiger partial charge in [-0.1, -0.05) is 24.0 Å². The van der Waals surface area contributed by atoms with Crippen LogP contribution >= 0.6 is 0 Å². The summed E-state index contributed by atoms with van der Waals surface area (Å²) >= 11 is 0. The Bertz CT molecular complexity index is 521. The third-order valence-electron chi connectivity index (χ3n) is 3.50. The van der Waals surface area contributed by atoms with E-state index in [2.05, 4.69) is 11.8 Å². The van der Waals surface area contributed by atoms with Crippen molar-refractivity contribution in [1.29, 1.82) is 0 Å². The Labute approximate surface area is 125 Å². The van der Waals surface area contributed by atoms with Gasteiger partial charge in [0.15, 0.2) is 0 Å². The second-order valence-electron chi connectivity index (χ2n) is 5.23. The van der Waals surface area contributed by atoms with Gasteiger partial charge < -0.3 is 14.7 Å². The Balaban J connectivity index is 1.90. The van der Waals surface area contributed by atoms with Crippen LogP contribution in [0.1, 0.15) is 24.0 Å². The molecule has 0 aliphatic carbocycles. The predicted octanol–water partition coefficient (Wildman–Crippen LogP) is 1.42. The quantitative estimate of drug-likeness (QED) is 0.852. The number of rotatable bonds is 4. The standard InChI is InChI=1S/C17H21NO3/c1-18(17(20)16-9-11-21-13-16)12-15-7-5-14(6-8-15)4-2-3-10-19/h5-8,16,19H,3,9-13H2,1H3. The first-order valence-electron chi connectivity index (χ1n) is 7.22. The van der Waals surface area contributed by atoms with E-state index in [4.69, 9.17) is 9.84 Å². The predicted molar refractivity (Wildman–Crippen MR) is 80.4 cm³/mol. The zero-order valence-corrected chi connectivity index (χ0v) is 12.3. The molecular weight excluding hydrogens is 266 g/mol. The Kier molecular flexibility index (Phi) is 5.79. The van der Waals surface area contributed by atoms with Crippen LogP contribution < -0.4 is 0 Å². The maximum absolute atomic E-state index is 12.2. The number of carbonyl (C=O) groups excluding carboxylic acids is 1. The smallest absolute Gasteiger partial charge is 0.228 e. The Morgan fingerprint density at radius 1 is 1.43 bits per heavy atom. The van der Waals surface area contributed by atoms with Gasteiger partial charge >= 0.3 is 0 Å². The molecule has 1 atom stereocenters. The fraction of sp³-hybridized carbons (Fsp3) is 0.471. The van der Waals surface area contributed by atoms with E-state index in [-0.39, 0.29) is 18.4 Å². The van der Waals surface area contributed by atoms with E-state index in [1.807, 2.05) is 31.3 Å². The molecular formula is C17H21NO3. The van der Waals surface area contributed by atoms with Gasteiger partial charge in [0.25, 0.3) is 0 Å². The zero-order valence-electron chi connectivity index (χ0n) is 12.3. The molecule has 0 saturated carbocycles. The molecule has 112 valence electrons. The highest BCUT2D eigenvalue weighted by Gasteiger charge is 2.26. The minimum atomic E-state index is 0.0126. The second-order valence-corrected chi connectivity index (χ2v) is 5.23.